The van der Waals surface area contributed by atoms with Gasteiger partial charge in [0, 0.05) is 22.8 Å². The Kier molecular flexibility index (Phi) is 4.22. The summed E-state index contributed by atoms with van der Waals surface area (Å²) in [5, 5.41) is 13.6. The molecule has 0 saturated heterocycles. The summed E-state index contributed by atoms with van der Waals surface area (Å²) < 4.78 is 0.928. The average molecular weight is 338 g/mol. The highest BCUT2D eigenvalue weighted by Crippen LogP contribution is 2.38. The van der Waals surface area contributed by atoms with Crippen LogP contribution in [0, 0.1) is 11.8 Å². The second kappa shape index (κ2) is 6.48. The number of nitrogens with one attached hydrogen (secondary N) is 1. The molecule has 2 aromatic heterocycles. The molecule has 0 unspecified atom stereocenters. The molecule has 0 spiro atoms. The largest absolute Gasteiger partial charge is 0.465 e. The summed E-state index contributed by atoms with van der Waals surface area (Å²) in [6.07, 6.45) is 0.501. The number of fused-ring (bicyclic) bond motifs is 1. The Morgan fingerprint density at radius 3 is 2.75 bits per heavy atom. The van der Waals surface area contributed by atoms with Gasteiger partial charge in [0.05, 0.1) is 16.8 Å². The van der Waals surface area contributed by atoms with Gasteiger partial charge in [-0.25, -0.2) is 9.78 Å². The van der Waals surface area contributed by atoms with Gasteiger partial charge in [0.1, 0.15) is 5.82 Å². The van der Waals surface area contributed by atoms with E-state index in [0.29, 0.717) is 11.5 Å². The van der Waals surface area contributed by atoms with E-state index < -0.39 is 6.09 Å². The number of nitrogens with two attached hydrogens (primary N) is 2. The first-order chi connectivity index (χ1) is 11.6. The molecule has 0 aliphatic rings. The van der Waals surface area contributed by atoms with Gasteiger partial charge in [-0.1, -0.05) is 24.0 Å². The van der Waals surface area contributed by atoms with Gasteiger partial charge in [0.25, 0.3) is 0 Å². The number of pyridine rings is 1. The standard InChI is InChI=1S/C17H14N4O2S/c18-12-5-3-10(4-6-12)13-9-24-15-11(2-1-7-20-17(22)23)8-21-16(19)14(13)15/h3-6,8-9,20H,7,18H2,(H2,19,21)(H,22,23). The first kappa shape index (κ1) is 15.6. The van der Waals surface area contributed by atoms with Gasteiger partial charge >= 0.3 is 6.09 Å². The van der Waals surface area contributed by atoms with E-state index in [0.717, 1.165) is 26.8 Å². The SMILES string of the molecule is Nc1ccc(-c2csc3c(C#CCNC(=O)O)cnc(N)c23)cc1. The minimum Gasteiger partial charge on any atom is -0.465 e. The second-order valence-corrected chi connectivity index (χ2v) is 5.87. The number of carbonyl (C=O) groups is 1. The van der Waals surface area contributed by atoms with Gasteiger partial charge in [-0.2, -0.15) is 0 Å². The molecule has 2 heterocycles. The highest BCUT2D eigenvalue weighted by molar-refractivity contribution is 7.18. The van der Waals surface area contributed by atoms with Crippen LogP contribution in [0.25, 0.3) is 21.2 Å². The monoisotopic (exact) mass is 338 g/mol. The third-order valence-electron chi connectivity index (χ3n) is 3.40. The van der Waals surface area contributed by atoms with Gasteiger partial charge in [0.2, 0.25) is 0 Å². The normalized spacial score (nSPS) is 10.2. The van der Waals surface area contributed by atoms with E-state index in [1.165, 1.54) is 11.3 Å². The topological polar surface area (TPSA) is 114 Å². The van der Waals surface area contributed by atoms with Crippen molar-refractivity contribution in [2.75, 3.05) is 18.0 Å². The minimum absolute atomic E-state index is 0.0530. The fourth-order valence-electron chi connectivity index (χ4n) is 2.29. The van der Waals surface area contributed by atoms with Crippen molar-refractivity contribution >= 4 is 39.0 Å². The van der Waals surface area contributed by atoms with Gasteiger partial charge in [0.15, 0.2) is 0 Å². The highest BCUT2D eigenvalue weighted by atomic mass is 32.1. The zero-order valence-corrected chi connectivity index (χ0v) is 13.4. The molecule has 0 atom stereocenters. The van der Waals surface area contributed by atoms with Crippen LogP contribution in [0.1, 0.15) is 5.56 Å². The second-order valence-electron chi connectivity index (χ2n) is 4.99. The Morgan fingerprint density at radius 1 is 1.29 bits per heavy atom. The fraction of sp³-hybridized carbons (Fsp3) is 0.0588. The smallest absolute Gasteiger partial charge is 0.405 e. The molecule has 3 rings (SSSR count). The van der Waals surface area contributed by atoms with Crippen molar-refractivity contribution in [1.82, 2.24) is 10.3 Å². The number of amides is 1. The van der Waals surface area contributed by atoms with Crippen LogP contribution in [0.15, 0.2) is 35.8 Å². The summed E-state index contributed by atoms with van der Waals surface area (Å²) in [6, 6.07) is 7.55. The first-order valence-corrected chi connectivity index (χ1v) is 7.91. The van der Waals surface area contributed by atoms with Gasteiger partial charge in [-0.15, -0.1) is 11.3 Å². The zero-order valence-electron chi connectivity index (χ0n) is 12.5. The third-order valence-corrected chi connectivity index (χ3v) is 4.41. The predicted molar refractivity (Wildman–Crippen MR) is 96.8 cm³/mol. The number of hydrogen-bond acceptors (Lipinski definition) is 5. The van der Waals surface area contributed by atoms with Crippen LogP contribution in [-0.4, -0.2) is 22.7 Å². The molecule has 0 saturated carbocycles. The van der Waals surface area contributed by atoms with Crippen molar-refractivity contribution in [2.24, 2.45) is 0 Å². The molecule has 120 valence electrons. The molecule has 1 amide bonds. The molecule has 0 bridgehead atoms. The number of carboxylic acid groups (broad SMARTS) is 1. The lowest BCUT2D eigenvalue weighted by Gasteiger charge is -2.04. The summed E-state index contributed by atoms with van der Waals surface area (Å²) in [6.45, 7) is 0.0530. The molecule has 0 aliphatic carbocycles. The fourth-order valence-corrected chi connectivity index (χ4v) is 3.34. The maximum atomic E-state index is 10.4. The van der Waals surface area contributed by atoms with Crippen LogP contribution in [-0.2, 0) is 0 Å². The van der Waals surface area contributed by atoms with E-state index in [9.17, 15) is 4.79 Å². The molecule has 0 aliphatic heterocycles. The van der Waals surface area contributed by atoms with E-state index in [1.54, 1.807) is 6.20 Å². The van der Waals surface area contributed by atoms with Crippen LogP contribution >= 0.6 is 11.3 Å². The summed E-state index contributed by atoms with van der Waals surface area (Å²) in [5.74, 6) is 6.15. The van der Waals surface area contributed by atoms with Crippen molar-refractivity contribution < 1.29 is 9.90 Å². The molecule has 1 aromatic carbocycles. The zero-order chi connectivity index (χ0) is 17.1. The van der Waals surface area contributed by atoms with Crippen LogP contribution < -0.4 is 16.8 Å². The Hall–Kier alpha value is -3.24. The number of benzene rings is 1. The first-order valence-electron chi connectivity index (χ1n) is 7.03. The Morgan fingerprint density at radius 2 is 2.04 bits per heavy atom. The molecule has 6 N–H and O–H groups in total. The van der Waals surface area contributed by atoms with Crippen LogP contribution in [0.4, 0.5) is 16.3 Å². The summed E-state index contributed by atoms with van der Waals surface area (Å²) in [4.78, 5) is 14.7. The maximum Gasteiger partial charge on any atom is 0.405 e. The lowest BCUT2D eigenvalue weighted by molar-refractivity contribution is 0.196. The van der Waals surface area contributed by atoms with E-state index >= 15 is 0 Å². The Bertz CT molecular complexity index is 968. The number of hydrogen-bond donors (Lipinski definition) is 4. The van der Waals surface area contributed by atoms with Crippen molar-refractivity contribution in [2.45, 2.75) is 0 Å². The van der Waals surface area contributed by atoms with E-state index in [2.05, 4.69) is 22.1 Å². The highest BCUT2D eigenvalue weighted by Gasteiger charge is 2.13. The number of anilines is 2. The lowest BCUT2D eigenvalue weighted by atomic mass is 10.0. The van der Waals surface area contributed by atoms with Crippen LogP contribution in [0.3, 0.4) is 0 Å². The predicted octanol–water partition coefficient (Wildman–Crippen LogP) is 2.75. The number of nitrogen functional groups attached to an aromatic ring is 2. The lowest BCUT2D eigenvalue weighted by Crippen LogP contribution is -2.20. The van der Waals surface area contributed by atoms with Crippen LogP contribution in [0.5, 0.6) is 0 Å². The van der Waals surface area contributed by atoms with E-state index in [-0.39, 0.29) is 6.54 Å². The molecule has 24 heavy (non-hydrogen) atoms. The molecule has 0 fully saturated rings. The van der Waals surface area contributed by atoms with Crippen molar-refractivity contribution in [3.8, 4) is 23.0 Å². The number of nitrogens with zero attached hydrogens (tertiary/aromatic N) is 1. The number of rotatable bonds is 2. The van der Waals surface area contributed by atoms with E-state index in [1.807, 2.05) is 29.6 Å². The average Bonchev–Trinajstić information content (AvgIpc) is 3.00. The molecule has 3 aromatic rings. The van der Waals surface area contributed by atoms with Gasteiger partial charge in [-0.3, -0.25) is 0 Å². The quantitative estimate of drug-likeness (QED) is 0.424. The summed E-state index contributed by atoms with van der Waals surface area (Å²) >= 11 is 1.53. The van der Waals surface area contributed by atoms with Crippen molar-refractivity contribution in [3.05, 3.63) is 41.4 Å². The van der Waals surface area contributed by atoms with Crippen molar-refractivity contribution in [1.29, 1.82) is 0 Å². The van der Waals surface area contributed by atoms with Crippen molar-refractivity contribution in [3.63, 3.8) is 0 Å². The number of thiophene rings is 1. The van der Waals surface area contributed by atoms with E-state index in [4.69, 9.17) is 16.6 Å². The Balaban J connectivity index is 2.04. The number of aromatic nitrogens is 1. The van der Waals surface area contributed by atoms with Gasteiger partial charge < -0.3 is 21.9 Å². The molecule has 7 heteroatoms. The molecule has 6 nitrogen and oxygen atoms in total. The third kappa shape index (κ3) is 3.09. The molecule has 0 radical (unpaired) electrons. The maximum absolute atomic E-state index is 10.4. The molecular formula is C17H14N4O2S. The Labute approximate surface area is 142 Å². The summed E-state index contributed by atoms with van der Waals surface area (Å²) in [7, 11) is 0. The van der Waals surface area contributed by atoms with Crippen LogP contribution in [0.2, 0.25) is 0 Å². The van der Waals surface area contributed by atoms with Gasteiger partial charge in [-0.05, 0) is 23.1 Å². The minimum atomic E-state index is -1.10. The molecular weight excluding hydrogens is 324 g/mol. The summed E-state index contributed by atoms with van der Waals surface area (Å²) in [5.41, 5.74) is 15.2.